The highest BCUT2D eigenvalue weighted by atomic mass is 16.4. The van der Waals surface area contributed by atoms with Gasteiger partial charge in [-0.25, -0.2) is 9.59 Å². The van der Waals surface area contributed by atoms with Gasteiger partial charge in [0.15, 0.2) is 5.69 Å². The molecule has 0 unspecified atom stereocenters. The number of nitrogens with one attached hydrogen (secondary N) is 1. The Morgan fingerprint density at radius 2 is 2.00 bits per heavy atom. The van der Waals surface area contributed by atoms with Crippen molar-refractivity contribution < 1.29 is 19.8 Å². The zero-order valence-electron chi connectivity index (χ0n) is 7.26. The van der Waals surface area contributed by atoms with E-state index in [1.54, 1.807) is 0 Å². The number of nitrogens with zero attached hydrogens (tertiary/aromatic N) is 2. The van der Waals surface area contributed by atoms with Gasteiger partial charge in [0, 0.05) is 6.20 Å². The highest BCUT2D eigenvalue weighted by Crippen LogP contribution is 2.23. The molecule has 0 bridgehead atoms. The van der Waals surface area contributed by atoms with Gasteiger partial charge in [-0.15, -0.1) is 0 Å². The predicted molar refractivity (Wildman–Crippen MR) is 46.9 cm³/mol. The summed E-state index contributed by atoms with van der Waals surface area (Å²) in [6, 6.07) is 1.51. The first kappa shape index (κ1) is 9.13. The maximum absolute atomic E-state index is 10.9. The van der Waals surface area contributed by atoms with Crippen LogP contribution in [0.15, 0.2) is 12.3 Å². The number of carbonyl (C=O) groups is 2. The minimum atomic E-state index is -1.41. The van der Waals surface area contributed by atoms with Crippen LogP contribution in [0.5, 0.6) is 0 Å². The second-order valence-corrected chi connectivity index (χ2v) is 2.76. The Labute approximate surface area is 82.7 Å². The minimum absolute atomic E-state index is 0.0925. The number of aromatic nitrogens is 3. The Morgan fingerprint density at radius 3 is 2.60 bits per heavy atom. The van der Waals surface area contributed by atoms with Crippen molar-refractivity contribution in [3.8, 4) is 11.4 Å². The van der Waals surface area contributed by atoms with Gasteiger partial charge in [0.2, 0.25) is 0 Å². The van der Waals surface area contributed by atoms with Crippen molar-refractivity contribution in [2.24, 2.45) is 0 Å². The largest absolute Gasteiger partial charge is 0.478 e. The van der Waals surface area contributed by atoms with Crippen molar-refractivity contribution in [3.63, 3.8) is 0 Å². The molecule has 0 aromatic rings. The second kappa shape index (κ2) is 3.05. The van der Waals surface area contributed by atoms with Gasteiger partial charge < -0.3 is 10.2 Å². The van der Waals surface area contributed by atoms with Gasteiger partial charge >= 0.3 is 11.9 Å². The summed E-state index contributed by atoms with van der Waals surface area (Å²) < 4.78 is 0. The first-order chi connectivity index (χ1) is 7.11. The molecule has 0 atom stereocenters. The highest BCUT2D eigenvalue weighted by Gasteiger charge is 2.25. The molecule has 0 spiro atoms. The Morgan fingerprint density at radius 1 is 1.27 bits per heavy atom. The number of fused-ring (bicyclic) bond motifs is 1. The molecule has 7 heteroatoms. The monoisotopic (exact) mass is 207 g/mol. The Bertz CT molecular complexity index is 519. The van der Waals surface area contributed by atoms with Gasteiger partial charge in [-0.2, -0.15) is 5.10 Å². The molecular weight excluding hydrogens is 202 g/mol. The quantitative estimate of drug-likeness (QED) is 0.652. The van der Waals surface area contributed by atoms with Crippen LogP contribution in [0.25, 0.3) is 11.4 Å². The van der Waals surface area contributed by atoms with Crippen LogP contribution in [0, 0.1) is 0 Å². The van der Waals surface area contributed by atoms with E-state index in [1.165, 1.54) is 12.3 Å². The Kier molecular flexibility index (Phi) is 1.86. The van der Waals surface area contributed by atoms with Crippen LogP contribution in [0.2, 0.25) is 0 Å². The number of hydrogen-bond acceptors (Lipinski definition) is 4. The molecule has 0 fully saturated rings. The van der Waals surface area contributed by atoms with Crippen LogP contribution in [0.1, 0.15) is 20.8 Å². The molecule has 3 N–H and O–H groups in total. The molecule has 0 amide bonds. The van der Waals surface area contributed by atoms with E-state index < -0.39 is 23.2 Å². The number of H-pyrrole nitrogens is 1. The van der Waals surface area contributed by atoms with E-state index in [1.807, 2.05) is 0 Å². The second-order valence-electron chi connectivity index (χ2n) is 2.76. The molecule has 2 rings (SSSR count). The summed E-state index contributed by atoms with van der Waals surface area (Å²) >= 11 is 0. The van der Waals surface area contributed by atoms with Gasteiger partial charge in [0.25, 0.3) is 0 Å². The van der Waals surface area contributed by atoms with Gasteiger partial charge in [-0.05, 0) is 6.07 Å². The number of aromatic amines is 1. The minimum Gasteiger partial charge on any atom is -0.478 e. The molecule has 15 heavy (non-hydrogen) atoms. The molecule has 7 nitrogen and oxygen atoms in total. The molecule has 0 saturated carbocycles. The molecule has 76 valence electrons. The van der Waals surface area contributed by atoms with E-state index in [0.717, 1.165) is 0 Å². The van der Waals surface area contributed by atoms with Crippen molar-refractivity contribution in [2.75, 3.05) is 0 Å². The van der Waals surface area contributed by atoms with Crippen molar-refractivity contribution in [1.82, 2.24) is 15.2 Å². The van der Waals surface area contributed by atoms with Crippen LogP contribution in [-0.2, 0) is 0 Å². The zero-order chi connectivity index (χ0) is 11.0. The standard InChI is InChI=1S/C8H5N3O4/c12-7(13)4-5-3(1-2-9-5)10-11-6(4)8(14)15/h1-2,10H,(H,12,13)(H,14,15). The Hall–Kier alpha value is -2.44. The lowest BCUT2D eigenvalue weighted by Gasteiger charge is -2.04. The van der Waals surface area contributed by atoms with Crippen molar-refractivity contribution in [2.45, 2.75) is 0 Å². The highest BCUT2D eigenvalue weighted by molar-refractivity contribution is 6.04. The number of hydrogen-bond donors (Lipinski definition) is 3. The normalized spacial score (nSPS) is 10.4. The summed E-state index contributed by atoms with van der Waals surface area (Å²) in [6.07, 6.45) is 1.38. The Balaban J connectivity index is 2.81. The van der Waals surface area contributed by atoms with Gasteiger partial charge in [-0.3, -0.25) is 10.1 Å². The van der Waals surface area contributed by atoms with Crippen LogP contribution in [-0.4, -0.2) is 37.3 Å². The number of aromatic carboxylic acids is 2. The summed E-state index contributed by atoms with van der Waals surface area (Å²) in [4.78, 5) is 25.4. The molecule has 2 aliphatic heterocycles. The fourth-order valence-corrected chi connectivity index (χ4v) is 1.27. The third-order valence-corrected chi connectivity index (χ3v) is 1.88. The first-order valence-corrected chi connectivity index (χ1v) is 3.91. The fourth-order valence-electron chi connectivity index (χ4n) is 1.27. The smallest absolute Gasteiger partial charge is 0.357 e. The number of carboxylic acids is 2. The summed E-state index contributed by atoms with van der Waals surface area (Å²) in [6.45, 7) is 0. The van der Waals surface area contributed by atoms with Gasteiger partial charge in [0.1, 0.15) is 11.3 Å². The van der Waals surface area contributed by atoms with Crippen LogP contribution in [0.3, 0.4) is 0 Å². The molecule has 0 aliphatic carbocycles. The third kappa shape index (κ3) is 1.30. The fraction of sp³-hybridized carbons (Fsp3) is 0. The average molecular weight is 207 g/mol. The van der Waals surface area contributed by atoms with Gasteiger partial charge in [-0.1, -0.05) is 0 Å². The lowest BCUT2D eigenvalue weighted by molar-refractivity contribution is 0.0645. The zero-order valence-corrected chi connectivity index (χ0v) is 7.26. The molecule has 2 aliphatic rings. The van der Waals surface area contributed by atoms with Crippen LogP contribution < -0.4 is 0 Å². The van der Waals surface area contributed by atoms with Gasteiger partial charge in [0.05, 0.1) is 5.69 Å². The number of carboxylic acid groups (broad SMARTS) is 2. The summed E-state index contributed by atoms with van der Waals surface area (Å²) in [5, 5.41) is 23.5. The lowest BCUT2D eigenvalue weighted by atomic mass is 10.1. The van der Waals surface area contributed by atoms with E-state index in [2.05, 4.69) is 15.2 Å². The van der Waals surface area contributed by atoms with Crippen LogP contribution in [0.4, 0.5) is 0 Å². The molecule has 0 aromatic carbocycles. The average Bonchev–Trinajstić information content (AvgIpc) is 2.62. The van der Waals surface area contributed by atoms with E-state index in [4.69, 9.17) is 10.2 Å². The van der Waals surface area contributed by atoms with Crippen LogP contribution >= 0.6 is 0 Å². The van der Waals surface area contributed by atoms with Crippen molar-refractivity contribution in [3.05, 3.63) is 23.5 Å². The maximum Gasteiger partial charge on any atom is 0.357 e. The molecular formula is C8H5N3O4. The van der Waals surface area contributed by atoms with E-state index in [-0.39, 0.29) is 5.69 Å². The summed E-state index contributed by atoms with van der Waals surface area (Å²) in [7, 11) is 0. The molecule has 2 heterocycles. The topological polar surface area (TPSA) is 116 Å². The summed E-state index contributed by atoms with van der Waals surface area (Å²) in [5.74, 6) is -2.77. The van der Waals surface area contributed by atoms with E-state index in [0.29, 0.717) is 5.69 Å². The molecule has 0 aromatic heterocycles. The van der Waals surface area contributed by atoms with Crippen molar-refractivity contribution >= 4 is 11.9 Å². The third-order valence-electron chi connectivity index (χ3n) is 1.88. The SMILES string of the molecule is O=C(O)c1n[nH]c2ccnc-2c1C(=O)O. The number of rotatable bonds is 2. The first-order valence-electron chi connectivity index (χ1n) is 3.91. The summed E-state index contributed by atoms with van der Waals surface area (Å²) in [5.41, 5.74) is -0.470. The van der Waals surface area contributed by atoms with Crippen molar-refractivity contribution in [1.29, 1.82) is 0 Å². The molecule has 0 radical (unpaired) electrons. The van der Waals surface area contributed by atoms with E-state index >= 15 is 0 Å². The maximum atomic E-state index is 10.9. The predicted octanol–water partition coefficient (Wildman–Crippen LogP) is 0.306. The lowest BCUT2D eigenvalue weighted by Crippen LogP contribution is -2.14. The molecule has 0 saturated heterocycles. The van der Waals surface area contributed by atoms with E-state index in [9.17, 15) is 9.59 Å².